The van der Waals surface area contributed by atoms with E-state index in [1.54, 1.807) is 0 Å². The lowest BCUT2D eigenvalue weighted by atomic mass is 9.86. The molecule has 0 aliphatic carbocycles. The van der Waals surface area contributed by atoms with Gasteiger partial charge in [-0.1, -0.05) is 30.3 Å². The third-order valence-electron chi connectivity index (χ3n) is 4.02. The van der Waals surface area contributed by atoms with Gasteiger partial charge in [-0.3, -0.25) is 10.1 Å². The second kappa shape index (κ2) is 5.69. The van der Waals surface area contributed by atoms with Crippen molar-refractivity contribution in [3.8, 4) is 11.5 Å². The first kappa shape index (κ1) is 14.4. The average Bonchev–Trinajstić information content (AvgIpc) is 2.50. The van der Waals surface area contributed by atoms with Crippen LogP contribution in [-0.4, -0.2) is 27.3 Å². The highest BCUT2D eigenvalue weighted by molar-refractivity contribution is 5.75. The van der Waals surface area contributed by atoms with Crippen molar-refractivity contribution in [2.45, 2.75) is 24.9 Å². The predicted molar refractivity (Wildman–Crippen MR) is 80.9 cm³/mol. The van der Waals surface area contributed by atoms with Crippen molar-refractivity contribution in [3.63, 3.8) is 0 Å². The maximum absolute atomic E-state index is 11.3. The summed E-state index contributed by atoms with van der Waals surface area (Å²) < 4.78 is 0. The number of rotatable bonds is 3. The number of phenolic OH excluding ortho intramolecular Hbond substituents is 2. The van der Waals surface area contributed by atoms with Gasteiger partial charge in [-0.25, -0.2) is 0 Å². The quantitative estimate of drug-likeness (QED) is 0.651. The second-order valence-corrected chi connectivity index (χ2v) is 5.54. The molecule has 1 heterocycles. The van der Waals surface area contributed by atoms with Gasteiger partial charge in [0, 0.05) is 6.04 Å². The summed E-state index contributed by atoms with van der Waals surface area (Å²) >= 11 is 0. The van der Waals surface area contributed by atoms with Crippen LogP contribution in [-0.2, 0) is 17.6 Å². The molecule has 0 amide bonds. The fourth-order valence-electron chi connectivity index (χ4n) is 2.93. The Morgan fingerprint density at radius 3 is 2.50 bits per heavy atom. The van der Waals surface area contributed by atoms with Crippen LogP contribution in [0.3, 0.4) is 0 Å². The predicted octanol–water partition coefficient (Wildman–Crippen LogP) is 1.98. The minimum absolute atomic E-state index is 0.188. The minimum Gasteiger partial charge on any atom is -0.504 e. The van der Waals surface area contributed by atoms with E-state index in [-0.39, 0.29) is 24.0 Å². The molecule has 0 spiro atoms. The Kier molecular flexibility index (Phi) is 3.73. The topological polar surface area (TPSA) is 89.8 Å². The number of carboxylic acid groups (broad SMARTS) is 1. The van der Waals surface area contributed by atoms with Crippen LogP contribution in [0.2, 0.25) is 0 Å². The van der Waals surface area contributed by atoms with E-state index < -0.39 is 12.0 Å². The number of hydrogen-bond acceptors (Lipinski definition) is 4. The Morgan fingerprint density at radius 2 is 1.82 bits per heavy atom. The van der Waals surface area contributed by atoms with Gasteiger partial charge < -0.3 is 15.3 Å². The smallest absolute Gasteiger partial charge is 0.321 e. The van der Waals surface area contributed by atoms with Gasteiger partial charge in [0.2, 0.25) is 0 Å². The molecule has 0 saturated carbocycles. The molecule has 1 aliphatic heterocycles. The monoisotopic (exact) mass is 299 g/mol. The van der Waals surface area contributed by atoms with Crippen LogP contribution in [0.4, 0.5) is 0 Å². The van der Waals surface area contributed by atoms with Crippen molar-refractivity contribution in [2.75, 3.05) is 0 Å². The summed E-state index contributed by atoms with van der Waals surface area (Å²) in [4.78, 5) is 11.3. The Bertz CT molecular complexity index is 699. The highest BCUT2D eigenvalue weighted by atomic mass is 16.4. The third kappa shape index (κ3) is 2.76. The van der Waals surface area contributed by atoms with Crippen LogP contribution in [0.1, 0.15) is 22.7 Å². The molecule has 0 saturated heterocycles. The molecular weight excluding hydrogens is 282 g/mol. The molecule has 3 rings (SSSR count). The minimum atomic E-state index is -0.920. The molecule has 0 fully saturated rings. The standard InChI is InChI=1S/C17H17NO4/c19-15-8-11-7-14(17(21)22)18-13(12(11)9-16(15)20)6-10-4-2-1-3-5-10/h1-5,8-9,13-14,18-20H,6-7H2,(H,21,22). The number of phenols is 2. The summed E-state index contributed by atoms with van der Waals surface area (Å²) in [5, 5.41) is 31.8. The normalized spacial score (nSPS) is 20.4. The maximum Gasteiger partial charge on any atom is 0.321 e. The first-order chi connectivity index (χ1) is 10.5. The van der Waals surface area contributed by atoms with Crippen LogP contribution in [0.25, 0.3) is 0 Å². The summed E-state index contributed by atoms with van der Waals surface area (Å²) in [6.07, 6.45) is 0.894. The molecular formula is C17H17NO4. The van der Waals surface area contributed by atoms with Gasteiger partial charge in [0.25, 0.3) is 0 Å². The lowest BCUT2D eigenvalue weighted by Crippen LogP contribution is -2.45. The molecule has 1 aliphatic rings. The fraction of sp³-hybridized carbons (Fsp3) is 0.235. The number of nitrogens with one attached hydrogen (secondary N) is 1. The van der Waals surface area contributed by atoms with E-state index >= 15 is 0 Å². The summed E-state index contributed by atoms with van der Waals surface area (Å²) in [6, 6.07) is 11.8. The second-order valence-electron chi connectivity index (χ2n) is 5.54. The number of aromatic hydroxyl groups is 2. The number of hydrogen-bond donors (Lipinski definition) is 4. The van der Waals surface area contributed by atoms with Crippen LogP contribution in [0.15, 0.2) is 42.5 Å². The number of aliphatic carboxylic acids is 1. The molecule has 2 atom stereocenters. The van der Waals surface area contributed by atoms with E-state index in [2.05, 4.69) is 5.32 Å². The van der Waals surface area contributed by atoms with Gasteiger partial charge in [-0.05, 0) is 41.7 Å². The van der Waals surface area contributed by atoms with Crippen LogP contribution < -0.4 is 5.32 Å². The van der Waals surface area contributed by atoms with E-state index in [1.165, 1.54) is 12.1 Å². The molecule has 114 valence electrons. The first-order valence-electron chi connectivity index (χ1n) is 7.12. The Morgan fingerprint density at radius 1 is 1.14 bits per heavy atom. The van der Waals surface area contributed by atoms with Gasteiger partial charge >= 0.3 is 5.97 Å². The lowest BCUT2D eigenvalue weighted by Gasteiger charge is -2.31. The fourth-order valence-corrected chi connectivity index (χ4v) is 2.93. The molecule has 0 radical (unpaired) electrons. The molecule has 0 bridgehead atoms. The van der Waals surface area contributed by atoms with E-state index in [0.717, 1.165) is 16.7 Å². The molecule has 22 heavy (non-hydrogen) atoms. The molecule has 2 aromatic carbocycles. The number of benzene rings is 2. The molecule has 4 N–H and O–H groups in total. The Labute approximate surface area is 127 Å². The van der Waals surface area contributed by atoms with E-state index in [1.807, 2.05) is 30.3 Å². The van der Waals surface area contributed by atoms with Crippen LogP contribution in [0.5, 0.6) is 11.5 Å². The third-order valence-corrected chi connectivity index (χ3v) is 4.02. The molecule has 2 unspecified atom stereocenters. The number of fused-ring (bicyclic) bond motifs is 1. The lowest BCUT2D eigenvalue weighted by molar-refractivity contribution is -0.139. The molecule has 0 aromatic heterocycles. The summed E-state index contributed by atoms with van der Waals surface area (Å²) in [5.74, 6) is -1.33. The van der Waals surface area contributed by atoms with E-state index in [9.17, 15) is 20.1 Å². The maximum atomic E-state index is 11.3. The molecule has 2 aromatic rings. The van der Waals surface area contributed by atoms with Crippen LogP contribution in [0, 0.1) is 0 Å². The number of carbonyl (C=O) groups is 1. The highest BCUT2D eigenvalue weighted by Gasteiger charge is 2.31. The van der Waals surface area contributed by atoms with Crippen LogP contribution >= 0.6 is 0 Å². The van der Waals surface area contributed by atoms with E-state index in [0.29, 0.717) is 6.42 Å². The zero-order chi connectivity index (χ0) is 15.7. The van der Waals surface area contributed by atoms with Crippen molar-refractivity contribution in [2.24, 2.45) is 0 Å². The van der Waals surface area contributed by atoms with E-state index in [4.69, 9.17) is 0 Å². The Hall–Kier alpha value is -2.53. The SMILES string of the molecule is O=C(O)C1Cc2cc(O)c(O)cc2C(Cc2ccccc2)N1. The first-order valence-corrected chi connectivity index (χ1v) is 7.12. The van der Waals surface area contributed by atoms with Crippen molar-refractivity contribution in [1.29, 1.82) is 0 Å². The summed E-state index contributed by atoms with van der Waals surface area (Å²) in [5.41, 5.74) is 2.66. The Balaban J connectivity index is 1.98. The van der Waals surface area contributed by atoms with Crippen molar-refractivity contribution in [1.82, 2.24) is 5.32 Å². The van der Waals surface area contributed by atoms with Gasteiger partial charge in [0.1, 0.15) is 6.04 Å². The average molecular weight is 299 g/mol. The molecule has 5 nitrogen and oxygen atoms in total. The summed E-state index contributed by atoms with van der Waals surface area (Å²) in [7, 11) is 0. The van der Waals surface area contributed by atoms with Gasteiger partial charge in [0.15, 0.2) is 11.5 Å². The van der Waals surface area contributed by atoms with Crippen molar-refractivity contribution in [3.05, 3.63) is 59.2 Å². The summed E-state index contributed by atoms with van der Waals surface area (Å²) in [6.45, 7) is 0. The zero-order valence-corrected chi connectivity index (χ0v) is 11.9. The zero-order valence-electron chi connectivity index (χ0n) is 11.9. The van der Waals surface area contributed by atoms with Crippen molar-refractivity contribution >= 4 is 5.97 Å². The van der Waals surface area contributed by atoms with Crippen molar-refractivity contribution < 1.29 is 20.1 Å². The largest absolute Gasteiger partial charge is 0.504 e. The van der Waals surface area contributed by atoms with Gasteiger partial charge in [0.05, 0.1) is 0 Å². The highest BCUT2D eigenvalue weighted by Crippen LogP contribution is 2.36. The van der Waals surface area contributed by atoms with Gasteiger partial charge in [-0.15, -0.1) is 0 Å². The number of carboxylic acids is 1. The molecule has 5 heteroatoms. The van der Waals surface area contributed by atoms with Gasteiger partial charge in [-0.2, -0.15) is 0 Å².